The van der Waals surface area contributed by atoms with E-state index in [1.54, 1.807) is 0 Å². The van der Waals surface area contributed by atoms with Crippen molar-refractivity contribution in [1.82, 2.24) is 5.32 Å². The predicted octanol–water partition coefficient (Wildman–Crippen LogP) is 4.76. The van der Waals surface area contributed by atoms with Crippen LogP contribution in [0.1, 0.15) is 36.6 Å². The summed E-state index contributed by atoms with van der Waals surface area (Å²) in [4.78, 5) is 0. The van der Waals surface area contributed by atoms with Crippen molar-refractivity contribution in [2.24, 2.45) is 0 Å². The van der Waals surface area contributed by atoms with Crippen molar-refractivity contribution in [1.29, 1.82) is 0 Å². The molecule has 1 N–H and O–H groups in total. The molecular weight excluding hydrogens is 333 g/mol. The van der Waals surface area contributed by atoms with Crippen LogP contribution in [-0.4, -0.2) is 6.61 Å². The molecule has 110 valence electrons. The lowest BCUT2D eigenvalue weighted by Gasteiger charge is -2.29. The number of halogens is 2. The molecule has 2 atom stereocenters. The predicted molar refractivity (Wildman–Crippen MR) is 84.9 cm³/mol. The van der Waals surface area contributed by atoms with Crippen molar-refractivity contribution in [2.45, 2.75) is 25.4 Å². The van der Waals surface area contributed by atoms with Crippen LogP contribution in [-0.2, 0) is 0 Å². The van der Waals surface area contributed by atoms with E-state index in [2.05, 4.69) is 34.2 Å². The molecule has 1 aliphatic rings. The zero-order chi connectivity index (χ0) is 14.8. The van der Waals surface area contributed by atoms with Gasteiger partial charge in [0.2, 0.25) is 0 Å². The lowest BCUT2D eigenvalue weighted by Crippen LogP contribution is -2.29. The van der Waals surface area contributed by atoms with E-state index in [4.69, 9.17) is 4.74 Å². The van der Waals surface area contributed by atoms with Crippen molar-refractivity contribution >= 4 is 15.9 Å². The molecule has 0 bridgehead atoms. The molecule has 0 saturated carbocycles. The Kier molecular flexibility index (Phi) is 4.27. The first-order chi connectivity index (χ1) is 10.1. The first kappa shape index (κ1) is 14.5. The highest BCUT2D eigenvalue weighted by Gasteiger charge is 2.23. The highest BCUT2D eigenvalue weighted by Crippen LogP contribution is 2.35. The van der Waals surface area contributed by atoms with Gasteiger partial charge < -0.3 is 10.1 Å². The maximum atomic E-state index is 13.0. The second-order valence-electron chi connectivity index (χ2n) is 5.31. The van der Waals surface area contributed by atoms with E-state index in [0.717, 1.165) is 22.2 Å². The highest BCUT2D eigenvalue weighted by atomic mass is 79.9. The van der Waals surface area contributed by atoms with Crippen LogP contribution in [0.2, 0.25) is 0 Å². The fraction of sp³-hybridized carbons (Fsp3) is 0.294. The lowest BCUT2D eigenvalue weighted by atomic mass is 9.98. The van der Waals surface area contributed by atoms with Gasteiger partial charge in [-0.1, -0.05) is 28.1 Å². The highest BCUT2D eigenvalue weighted by molar-refractivity contribution is 9.10. The summed E-state index contributed by atoms with van der Waals surface area (Å²) in [5, 5.41) is 3.61. The number of fused-ring (bicyclic) bond motifs is 1. The van der Waals surface area contributed by atoms with Crippen molar-refractivity contribution in [3.8, 4) is 5.75 Å². The fourth-order valence-electron chi connectivity index (χ4n) is 2.69. The molecule has 1 aliphatic heterocycles. The summed E-state index contributed by atoms with van der Waals surface area (Å²) in [7, 11) is 0. The Morgan fingerprint density at radius 3 is 2.76 bits per heavy atom. The summed E-state index contributed by atoms with van der Waals surface area (Å²) in [6.07, 6.45) is 0.926. The van der Waals surface area contributed by atoms with Gasteiger partial charge in [0.25, 0.3) is 0 Å². The smallest absolute Gasteiger partial charge is 0.124 e. The quantitative estimate of drug-likeness (QED) is 0.862. The zero-order valence-corrected chi connectivity index (χ0v) is 13.4. The van der Waals surface area contributed by atoms with Gasteiger partial charge in [-0.2, -0.15) is 0 Å². The minimum absolute atomic E-state index is 0.153. The first-order valence-electron chi connectivity index (χ1n) is 7.07. The number of ether oxygens (including phenoxy) is 1. The molecule has 2 aromatic rings. The normalized spacial score (nSPS) is 18.7. The minimum Gasteiger partial charge on any atom is -0.493 e. The number of benzene rings is 2. The van der Waals surface area contributed by atoms with Gasteiger partial charge in [0.05, 0.1) is 6.61 Å². The topological polar surface area (TPSA) is 21.3 Å². The molecule has 2 nitrogen and oxygen atoms in total. The summed E-state index contributed by atoms with van der Waals surface area (Å²) >= 11 is 3.51. The molecule has 0 aliphatic carbocycles. The molecule has 0 fully saturated rings. The number of nitrogens with one attached hydrogen (secondary N) is 1. The lowest BCUT2D eigenvalue weighted by molar-refractivity contribution is 0.246. The number of rotatable bonds is 3. The third kappa shape index (κ3) is 3.27. The monoisotopic (exact) mass is 349 g/mol. The Morgan fingerprint density at radius 2 is 2.00 bits per heavy atom. The molecule has 4 heteroatoms. The fourth-order valence-corrected chi connectivity index (χ4v) is 3.07. The Bertz CT molecular complexity index is 629. The van der Waals surface area contributed by atoms with E-state index in [0.29, 0.717) is 6.61 Å². The van der Waals surface area contributed by atoms with Crippen molar-refractivity contribution in [2.75, 3.05) is 6.61 Å². The van der Waals surface area contributed by atoms with Crippen LogP contribution in [0.4, 0.5) is 4.39 Å². The van der Waals surface area contributed by atoms with Gasteiger partial charge in [0, 0.05) is 28.5 Å². The van der Waals surface area contributed by atoms with Gasteiger partial charge in [0.1, 0.15) is 11.6 Å². The standard InChI is InChI=1S/C17H17BrFNO/c1-11(12-2-5-14(19)6-3-12)20-16-8-9-21-17-7-4-13(18)10-15(16)17/h2-7,10-11,16,20H,8-9H2,1H3. The van der Waals surface area contributed by atoms with Crippen LogP contribution >= 0.6 is 15.9 Å². The van der Waals surface area contributed by atoms with Gasteiger partial charge >= 0.3 is 0 Å². The van der Waals surface area contributed by atoms with Crippen molar-refractivity contribution in [3.05, 3.63) is 63.9 Å². The van der Waals surface area contributed by atoms with E-state index in [9.17, 15) is 4.39 Å². The summed E-state index contributed by atoms with van der Waals surface area (Å²) < 4.78 is 19.8. The SMILES string of the molecule is CC(NC1CCOc2ccc(Br)cc21)c1ccc(F)cc1. The third-order valence-corrected chi connectivity index (χ3v) is 4.33. The summed E-state index contributed by atoms with van der Waals surface area (Å²) in [5.74, 6) is 0.736. The van der Waals surface area contributed by atoms with Crippen LogP contribution in [0, 0.1) is 5.82 Å². The van der Waals surface area contributed by atoms with E-state index >= 15 is 0 Å². The first-order valence-corrected chi connectivity index (χ1v) is 7.86. The van der Waals surface area contributed by atoms with E-state index in [1.165, 1.54) is 17.7 Å². The summed E-state index contributed by atoms with van der Waals surface area (Å²) in [6, 6.07) is 13.1. The van der Waals surface area contributed by atoms with Crippen molar-refractivity contribution < 1.29 is 9.13 Å². The van der Waals surface area contributed by atoms with Crippen molar-refractivity contribution in [3.63, 3.8) is 0 Å². The molecule has 2 aromatic carbocycles. The van der Waals surface area contributed by atoms with Gasteiger partial charge in [-0.05, 0) is 42.8 Å². The molecule has 0 radical (unpaired) electrons. The molecule has 0 aromatic heterocycles. The Hall–Kier alpha value is -1.39. The second kappa shape index (κ2) is 6.16. The Labute approximate surface area is 132 Å². The van der Waals surface area contributed by atoms with Crippen LogP contribution in [0.3, 0.4) is 0 Å². The Morgan fingerprint density at radius 1 is 1.24 bits per heavy atom. The molecule has 0 amide bonds. The number of hydrogen-bond donors (Lipinski definition) is 1. The molecule has 0 spiro atoms. The maximum Gasteiger partial charge on any atom is 0.124 e. The number of hydrogen-bond acceptors (Lipinski definition) is 2. The van der Waals surface area contributed by atoms with Gasteiger partial charge in [0.15, 0.2) is 0 Å². The second-order valence-corrected chi connectivity index (χ2v) is 6.23. The minimum atomic E-state index is -0.203. The van der Waals surface area contributed by atoms with Crippen LogP contribution in [0.5, 0.6) is 5.75 Å². The summed E-state index contributed by atoms with van der Waals surface area (Å²) in [6.45, 7) is 2.81. The largest absolute Gasteiger partial charge is 0.493 e. The summed E-state index contributed by atoms with van der Waals surface area (Å²) in [5.41, 5.74) is 2.25. The molecule has 1 heterocycles. The van der Waals surface area contributed by atoms with Crippen LogP contribution < -0.4 is 10.1 Å². The van der Waals surface area contributed by atoms with Crippen LogP contribution in [0.15, 0.2) is 46.9 Å². The Balaban J connectivity index is 1.80. The van der Waals surface area contributed by atoms with E-state index < -0.39 is 0 Å². The average Bonchev–Trinajstić information content (AvgIpc) is 2.48. The van der Waals surface area contributed by atoms with Gasteiger partial charge in [-0.15, -0.1) is 0 Å². The van der Waals surface area contributed by atoms with Gasteiger partial charge in [-0.25, -0.2) is 4.39 Å². The zero-order valence-electron chi connectivity index (χ0n) is 11.8. The van der Waals surface area contributed by atoms with Crippen LogP contribution in [0.25, 0.3) is 0 Å². The molecule has 0 saturated heterocycles. The van der Waals surface area contributed by atoms with E-state index in [-0.39, 0.29) is 17.9 Å². The molecule has 2 unspecified atom stereocenters. The average molecular weight is 350 g/mol. The maximum absolute atomic E-state index is 13.0. The van der Waals surface area contributed by atoms with E-state index in [1.807, 2.05) is 24.3 Å². The third-order valence-electron chi connectivity index (χ3n) is 3.83. The molecular formula is C17H17BrFNO. The van der Waals surface area contributed by atoms with Gasteiger partial charge in [-0.3, -0.25) is 0 Å². The molecule has 21 heavy (non-hydrogen) atoms. The molecule has 3 rings (SSSR count).